The molecule has 0 aliphatic carbocycles. The summed E-state index contributed by atoms with van der Waals surface area (Å²) in [5.41, 5.74) is -0.0330. The normalized spacial score (nSPS) is 10.3. The predicted molar refractivity (Wildman–Crippen MR) is 69.1 cm³/mol. The van der Waals surface area contributed by atoms with Gasteiger partial charge < -0.3 is 9.47 Å². The summed E-state index contributed by atoms with van der Waals surface area (Å²) in [4.78, 5) is 12.0. The fourth-order valence-corrected chi connectivity index (χ4v) is 1.71. The number of Topliss-reactive ketones (excluding diaryl/α,β-unsaturated/α-hetero) is 1. The number of rotatable bonds is 5. The Kier molecular flexibility index (Phi) is 4.47. The first-order valence-corrected chi connectivity index (χ1v) is 5.96. The number of carbonyl (C=O) groups is 1. The molecule has 0 aliphatic rings. The third-order valence-corrected chi connectivity index (χ3v) is 2.71. The Morgan fingerprint density at radius 2 is 1.67 bits per heavy atom. The van der Waals surface area contributed by atoms with Gasteiger partial charge in [-0.05, 0) is 30.3 Å². The maximum Gasteiger partial charge on any atom is 0.204 e. The van der Waals surface area contributed by atoms with E-state index in [0.29, 0.717) is 0 Å². The monoisotopic (exact) mass is 296 g/mol. The molecule has 3 nitrogen and oxygen atoms in total. The molecule has 0 atom stereocenters. The molecular weight excluding hydrogens is 285 g/mol. The highest BCUT2D eigenvalue weighted by molar-refractivity contribution is 5.99. The number of halogens is 3. The maximum absolute atomic E-state index is 13.3. The van der Waals surface area contributed by atoms with Crippen LogP contribution in [0.1, 0.15) is 10.4 Å². The smallest absolute Gasteiger partial charge is 0.204 e. The minimum absolute atomic E-state index is 0.0330. The quantitative estimate of drug-likeness (QED) is 0.794. The van der Waals surface area contributed by atoms with Gasteiger partial charge in [-0.3, -0.25) is 4.79 Å². The van der Waals surface area contributed by atoms with Crippen molar-refractivity contribution in [1.82, 2.24) is 0 Å². The van der Waals surface area contributed by atoms with Crippen molar-refractivity contribution in [2.75, 3.05) is 13.7 Å². The van der Waals surface area contributed by atoms with Crippen molar-refractivity contribution in [1.29, 1.82) is 0 Å². The van der Waals surface area contributed by atoms with E-state index in [-0.39, 0.29) is 11.3 Å². The Morgan fingerprint density at radius 1 is 1.00 bits per heavy atom. The fourth-order valence-electron chi connectivity index (χ4n) is 1.71. The summed E-state index contributed by atoms with van der Waals surface area (Å²) in [5, 5.41) is 0. The molecule has 0 aliphatic heterocycles. The number of ether oxygens (including phenoxy) is 2. The molecule has 0 radical (unpaired) electrons. The van der Waals surface area contributed by atoms with Crippen LogP contribution in [-0.2, 0) is 0 Å². The highest BCUT2D eigenvalue weighted by Crippen LogP contribution is 2.22. The van der Waals surface area contributed by atoms with E-state index in [1.807, 2.05) is 0 Å². The van der Waals surface area contributed by atoms with Gasteiger partial charge in [0.15, 0.2) is 18.2 Å². The van der Waals surface area contributed by atoms with Gasteiger partial charge in [0.2, 0.25) is 5.78 Å². The van der Waals surface area contributed by atoms with Crippen molar-refractivity contribution >= 4 is 5.78 Å². The molecule has 0 fully saturated rings. The van der Waals surface area contributed by atoms with Crippen molar-refractivity contribution in [3.8, 4) is 11.5 Å². The van der Waals surface area contributed by atoms with Crippen molar-refractivity contribution < 1.29 is 27.4 Å². The van der Waals surface area contributed by atoms with Crippen LogP contribution in [0, 0.1) is 17.5 Å². The third-order valence-electron chi connectivity index (χ3n) is 2.71. The fraction of sp³-hybridized carbons (Fsp3) is 0.133. The second kappa shape index (κ2) is 6.30. The van der Waals surface area contributed by atoms with E-state index in [9.17, 15) is 18.0 Å². The summed E-state index contributed by atoms with van der Waals surface area (Å²) in [6, 6.07) is 6.07. The number of benzene rings is 2. The topological polar surface area (TPSA) is 35.5 Å². The SMILES string of the molecule is COc1ccc(F)cc1C(=O)COc1cc(F)ccc1F. The molecule has 0 unspecified atom stereocenters. The first-order valence-electron chi connectivity index (χ1n) is 5.96. The van der Waals surface area contributed by atoms with Gasteiger partial charge in [-0.1, -0.05) is 0 Å². The Labute approximate surface area is 118 Å². The average molecular weight is 296 g/mol. The highest BCUT2D eigenvalue weighted by Gasteiger charge is 2.15. The Balaban J connectivity index is 2.15. The van der Waals surface area contributed by atoms with E-state index in [1.54, 1.807) is 0 Å². The summed E-state index contributed by atoms with van der Waals surface area (Å²) in [6.07, 6.45) is 0. The lowest BCUT2D eigenvalue weighted by Crippen LogP contribution is -2.13. The molecule has 0 heterocycles. The van der Waals surface area contributed by atoms with Gasteiger partial charge in [0.05, 0.1) is 12.7 Å². The van der Waals surface area contributed by atoms with Gasteiger partial charge >= 0.3 is 0 Å². The maximum atomic E-state index is 13.3. The van der Waals surface area contributed by atoms with Crippen LogP contribution in [0.15, 0.2) is 36.4 Å². The van der Waals surface area contributed by atoms with E-state index in [0.717, 1.165) is 30.3 Å². The third kappa shape index (κ3) is 3.53. The molecule has 2 rings (SSSR count). The van der Waals surface area contributed by atoms with Crippen LogP contribution in [0.3, 0.4) is 0 Å². The Bertz CT molecular complexity index is 671. The number of methoxy groups -OCH3 is 1. The molecule has 2 aromatic carbocycles. The summed E-state index contributed by atoms with van der Waals surface area (Å²) in [5.74, 6) is -2.94. The number of hydrogen-bond acceptors (Lipinski definition) is 3. The van der Waals surface area contributed by atoms with E-state index >= 15 is 0 Å². The van der Waals surface area contributed by atoms with Crippen LogP contribution in [0.5, 0.6) is 11.5 Å². The molecule has 0 aromatic heterocycles. The minimum Gasteiger partial charge on any atom is -0.496 e. The van der Waals surface area contributed by atoms with Crippen LogP contribution in [0.4, 0.5) is 13.2 Å². The minimum atomic E-state index is -0.796. The van der Waals surface area contributed by atoms with Crippen molar-refractivity contribution in [2.45, 2.75) is 0 Å². The largest absolute Gasteiger partial charge is 0.496 e. The molecule has 0 saturated heterocycles. The lowest BCUT2D eigenvalue weighted by Gasteiger charge is -2.09. The van der Waals surface area contributed by atoms with Crippen molar-refractivity contribution in [3.63, 3.8) is 0 Å². The summed E-state index contributed by atoms with van der Waals surface area (Å²) < 4.78 is 49.3. The van der Waals surface area contributed by atoms with Crippen LogP contribution < -0.4 is 9.47 Å². The zero-order chi connectivity index (χ0) is 15.4. The average Bonchev–Trinajstić information content (AvgIpc) is 2.47. The summed E-state index contributed by atoms with van der Waals surface area (Å²) in [6.45, 7) is -0.569. The summed E-state index contributed by atoms with van der Waals surface area (Å²) >= 11 is 0. The molecule has 6 heteroatoms. The van der Waals surface area contributed by atoms with Crippen molar-refractivity contribution in [3.05, 3.63) is 59.4 Å². The number of carbonyl (C=O) groups excluding carboxylic acids is 1. The second-order valence-corrected chi connectivity index (χ2v) is 4.13. The Morgan fingerprint density at radius 3 is 2.38 bits per heavy atom. The van der Waals surface area contributed by atoms with Gasteiger partial charge in [0, 0.05) is 6.07 Å². The molecule has 0 bridgehead atoms. The standard InChI is InChI=1S/C15H11F3O3/c1-20-14-5-3-9(16)6-11(14)13(19)8-21-15-7-10(17)2-4-12(15)18/h2-7H,8H2,1H3. The molecule has 21 heavy (non-hydrogen) atoms. The number of hydrogen-bond donors (Lipinski definition) is 0. The zero-order valence-electron chi connectivity index (χ0n) is 11.0. The zero-order valence-corrected chi connectivity index (χ0v) is 11.0. The Hall–Kier alpha value is -2.50. The van der Waals surface area contributed by atoms with Gasteiger partial charge in [0.25, 0.3) is 0 Å². The van der Waals surface area contributed by atoms with Crippen LogP contribution >= 0.6 is 0 Å². The van der Waals surface area contributed by atoms with Gasteiger partial charge in [0.1, 0.15) is 17.4 Å². The van der Waals surface area contributed by atoms with E-state index in [1.165, 1.54) is 13.2 Å². The molecule has 0 spiro atoms. The van der Waals surface area contributed by atoms with Crippen LogP contribution in [-0.4, -0.2) is 19.5 Å². The van der Waals surface area contributed by atoms with Crippen molar-refractivity contribution in [2.24, 2.45) is 0 Å². The van der Waals surface area contributed by atoms with Gasteiger partial charge in [-0.25, -0.2) is 13.2 Å². The van der Waals surface area contributed by atoms with Gasteiger partial charge in [-0.2, -0.15) is 0 Å². The van der Waals surface area contributed by atoms with Gasteiger partial charge in [-0.15, -0.1) is 0 Å². The van der Waals surface area contributed by atoms with E-state index in [4.69, 9.17) is 9.47 Å². The second-order valence-electron chi connectivity index (χ2n) is 4.13. The molecular formula is C15H11F3O3. The van der Waals surface area contributed by atoms with Crippen LogP contribution in [0.25, 0.3) is 0 Å². The van der Waals surface area contributed by atoms with E-state index < -0.39 is 35.6 Å². The molecule has 2 aromatic rings. The molecule has 0 saturated carbocycles. The predicted octanol–water partition coefficient (Wildman–Crippen LogP) is 3.37. The van der Waals surface area contributed by atoms with Crippen LogP contribution in [0.2, 0.25) is 0 Å². The lowest BCUT2D eigenvalue weighted by molar-refractivity contribution is 0.0915. The highest BCUT2D eigenvalue weighted by atomic mass is 19.1. The molecule has 0 N–H and O–H groups in total. The number of ketones is 1. The molecule has 110 valence electrons. The first-order chi connectivity index (χ1) is 10.0. The lowest BCUT2D eigenvalue weighted by atomic mass is 10.1. The first kappa shape index (κ1) is 14.9. The van der Waals surface area contributed by atoms with E-state index in [2.05, 4.69) is 0 Å². The molecule has 0 amide bonds. The summed E-state index contributed by atoms with van der Waals surface area (Å²) in [7, 11) is 1.33.